The average molecular weight is 279 g/mol. The average Bonchev–Trinajstić information content (AvgIpc) is 2.98. The second-order valence-corrected chi connectivity index (χ2v) is 4.64. The van der Waals surface area contributed by atoms with E-state index in [1.54, 1.807) is 25.3 Å². The molecule has 1 N–H and O–H groups in total. The molecular formula is C15H21NO4. The first kappa shape index (κ1) is 14.7. The lowest BCUT2D eigenvalue weighted by Crippen LogP contribution is -2.31. The third-order valence-corrected chi connectivity index (χ3v) is 3.24. The molecule has 1 aliphatic heterocycles. The van der Waals surface area contributed by atoms with Gasteiger partial charge in [0.2, 0.25) is 0 Å². The summed E-state index contributed by atoms with van der Waals surface area (Å²) in [6, 6.07) is 5.18. The summed E-state index contributed by atoms with van der Waals surface area (Å²) in [5.74, 6) is 1.09. The van der Waals surface area contributed by atoms with Crippen molar-refractivity contribution in [2.24, 2.45) is 0 Å². The van der Waals surface area contributed by atoms with Crippen LogP contribution in [0.15, 0.2) is 18.2 Å². The molecule has 110 valence electrons. The fourth-order valence-electron chi connectivity index (χ4n) is 2.20. The second kappa shape index (κ2) is 7.14. The van der Waals surface area contributed by atoms with E-state index < -0.39 is 0 Å². The minimum absolute atomic E-state index is 0.123. The molecule has 1 heterocycles. The molecule has 1 fully saturated rings. The van der Waals surface area contributed by atoms with Gasteiger partial charge in [0.1, 0.15) is 0 Å². The zero-order valence-electron chi connectivity index (χ0n) is 12.0. The number of carbonyl (C=O) groups is 1. The predicted molar refractivity (Wildman–Crippen MR) is 75.5 cm³/mol. The first-order valence-corrected chi connectivity index (χ1v) is 6.95. The van der Waals surface area contributed by atoms with Gasteiger partial charge in [-0.05, 0) is 38.0 Å². The molecule has 1 amide bonds. The molecule has 0 spiro atoms. The van der Waals surface area contributed by atoms with E-state index in [0.29, 0.717) is 30.2 Å². The number of methoxy groups -OCH3 is 1. The number of ether oxygens (including phenoxy) is 3. The molecule has 2 rings (SSSR count). The van der Waals surface area contributed by atoms with E-state index in [-0.39, 0.29) is 12.0 Å². The number of rotatable bonds is 6. The number of benzene rings is 1. The Morgan fingerprint density at radius 1 is 1.45 bits per heavy atom. The monoisotopic (exact) mass is 279 g/mol. The topological polar surface area (TPSA) is 56.8 Å². The van der Waals surface area contributed by atoms with Gasteiger partial charge in [0.15, 0.2) is 11.5 Å². The van der Waals surface area contributed by atoms with Gasteiger partial charge < -0.3 is 19.5 Å². The number of nitrogens with one attached hydrogen (secondary N) is 1. The molecule has 0 aliphatic carbocycles. The van der Waals surface area contributed by atoms with Crippen molar-refractivity contribution in [2.75, 3.05) is 26.9 Å². The van der Waals surface area contributed by atoms with Gasteiger partial charge in [-0.25, -0.2) is 0 Å². The minimum atomic E-state index is -0.123. The highest BCUT2D eigenvalue weighted by Crippen LogP contribution is 2.28. The molecule has 1 aromatic rings. The third kappa shape index (κ3) is 3.63. The van der Waals surface area contributed by atoms with Crippen molar-refractivity contribution in [1.82, 2.24) is 5.32 Å². The summed E-state index contributed by atoms with van der Waals surface area (Å²) in [5.41, 5.74) is 0.559. The molecule has 5 nitrogen and oxygen atoms in total. The molecule has 1 aliphatic rings. The van der Waals surface area contributed by atoms with E-state index in [0.717, 1.165) is 19.4 Å². The standard InChI is InChI=1S/C15H21NO4/c1-3-19-13-7-6-11(9-14(13)18-2)15(17)16-10-12-5-4-8-20-12/h6-7,9,12H,3-5,8,10H2,1-2H3,(H,16,17)/t12-/m1/s1. The van der Waals surface area contributed by atoms with Gasteiger partial charge >= 0.3 is 0 Å². The maximum atomic E-state index is 12.1. The zero-order valence-corrected chi connectivity index (χ0v) is 12.0. The fourth-order valence-corrected chi connectivity index (χ4v) is 2.20. The van der Waals surface area contributed by atoms with Gasteiger partial charge in [0, 0.05) is 18.7 Å². The Balaban J connectivity index is 1.98. The van der Waals surface area contributed by atoms with Crippen LogP contribution in [0.5, 0.6) is 11.5 Å². The van der Waals surface area contributed by atoms with Crippen LogP contribution < -0.4 is 14.8 Å². The van der Waals surface area contributed by atoms with E-state index >= 15 is 0 Å². The molecule has 1 saturated heterocycles. The van der Waals surface area contributed by atoms with Crippen molar-refractivity contribution in [3.63, 3.8) is 0 Å². The minimum Gasteiger partial charge on any atom is -0.493 e. The number of carbonyl (C=O) groups excluding carboxylic acids is 1. The zero-order chi connectivity index (χ0) is 14.4. The van der Waals surface area contributed by atoms with Gasteiger partial charge in [-0.2, -0.15) is 0 Å². The summed E-state index contributed by atoms with van der Waals surface area (Å²) in [6.07, 6.45) is 2.22. The summed E-state index contributed by atoms with van der Waals surface area (Å²) in [4.78, 5) is 12.1. The lowest BCUT2D eigenvalue weighted by Gasteiger charge is -2.13. The first-order chi connectivity index (χ1) is 9.74. The molecule has 5 heteroatoms. The van der Waals surface area contributed by atoms with Crippen LogP contribution in [0.2, 0.25) is 0 Å². The Bertz CT molecular complexity index is 455. The summed E-state index contributed by atoms with van der Waals surface area (Å²) >= 11 is 0. The first-order valence-electron chi connectivity index (χ1n) is 6.95. The van der Waals surface area contributed by atoms with Crippen LogP contribution in [0.25, 0.3) is 0 Å². The summed E-state index contributed by atoms with van der Waals surface area (Å²) in [5, 5.41) is 2.88. The Morgan fingerprint density at radius 2 is 2.30 bits per heavy atom. The van der Waals surface area contributed by atoms with E-state index in [4.69, 9.17) is 14.2 Å². The molecule has 0 bridgehead atoms. The Morgan fingerprint density at radius 3 is 2.95 bits per heavy atom. The van der Waals surface area contributed by atoms with Crippen molar-refractivity contribution in [3.8, 4) is 11.5 Å². The summed E-state index contributed by atoms with van der Waals surface area (Å²) in [6.45, 7) is 3.80. The number of hydrogen-bond donors (Lipinski definition) is 1. The van der Waals surface area contributed by atoms with Gasteiger partial charge in [-0.3, -0.25) is 4.79 Å². The predicted octanol–water partition coefficient (Wildman–Crippen LogP) is 2.00. The maximum Gasteiger partial charge on any atom is 0.251 e. The molecule has 1 atom stereocenters. The van der Waals surface area contributed by atoms with Crippen LogP contribution in [0.4, 0.5) is 0 Å². The maximum absolute atomic E-state index is 12.1. The molecule has 0 saturated carbocycles. The molecule has 0 radical (unpaired) electrons. The quantitative estimate of drug-likeness (QED) is 0.865. The summed E-state index contributed by atoms with van der Waals surface area (Å²) < 4.78 is 16.1. The van der Waals surface area contributed by atoms with Gasteiger partial charge in [0.25, 0.3) is 5.91 Å². The highest BCUT2D eigenvalue weighted by atomic mass is 16.5. The van der Waals surface area contributed by atoms with Gasteiger partial charge in [0.05, 0.1) is 19.8 Å². The Kier molecular flexibility index (Phi) is 5.24. The van der Waals surface area contributed by atoms with Crippen LogP contribution in [0.3, 0.4) is 0 Å². The fraction of sp³-hybridized carbons (Fsp3) is 0.533. The van der Waals surface area contributed by atoms with Crippen molar-refractivity contribution in [1.29, 1.82) is 0 Å². The van der Waals surface area contributed by atoms with Crippen molar-refractivity contribution in [3.05, 3.63) is 23.8 Å². The van der Waals surface area contributed by atoms with Crippen molar-refractivity contribution >= 4 is 5.91 Å². The van der Waals surface area contributed by atoms with Gasteiger partial charge in [-0.1, -0.05) is 0 Å². The normalized spacial score (nSPS) is 17.8. The van der Waals surface area contributed by atoms with Gasteiger partial charge in [-0.15, -0.1) is 0 Å². The molecule has 20 heavy (non-hydrogen) atoms. The van der Waals surface area contributed by atoms with Crippen LogP contribution in [-0.2, 0) is 4.74 Å². The van der Waals surface area contributed by atoms with Crippen LogP contribution >= 0.6 is 0 Å². The Hall–Kier alpha value is -1.75. The van der Waals surface area contributed by atoms with E-state index in [1.807, 2.05) is 6.92 Å². The Labute approximate surface area is 119 Å². The van der Waals surface area contributed by atoms with Crippen LogP contribution in [-0.4, -0.2) is 38.9 Å². The SMILES string of the molecule is CCOc1ccc(C(=O)NC[C@H]2CCCO2)cc1OC. The van der Waals surface area contributed by atoms with Crippen LogP contribution in [0.1, 0.15) is 30.1 Å². The largest absolute Gasteiger partial charge is 0.493 e. The van der Waals surface area contributed by atoms with Crippen molar-refractivity contribution in [2.45, 2.75) is 25.9 Å². The number of hydrogen-bond acceptors (Lipinski definition) is 4. The van der Waals surface area contributed by atoms with E-state index in [9.17, 15) is 4.79 Å². The van der Waals surface area contributed by atoms with Crippen LogP contribution in [0, 0.1) is 0 Å². The van der Waals surface area contributed by atoms with E-state index in [2.05, 4.69) is 5.32 Å². The lowest BCUT2D eigenvalue weighted by molar-refractivity contribution is 0.0857. The highest BCUT2D eigenvalue weighted by molar-refractivity contribution is 5.94. The van der Waals surface area contributed by atoms with Crippen molar-refractivity contribution < 1.29 is 19.0 Å². The molecule has 1 aromatic carbocycles. The number of amides is 1. The third-order valence-electron chi connectivity index (χ3n) is 3.24. The smallest absolute Gasteiger partial charge is 0.251 e. The highest BCUT2D eigenvalue weighted by Gasteiger charge is 2.17. The summed E-state index contributed by atoms with van der Waals surface area (Å²) in [7, 11) is 1.56. The molecule has 0 aromatic heterocycles. The second-order valence-electron chi connectivity index (χ2n) is 4.64. The molecular weight excluding hydrogens is 258 g/mol. The molecule has 0 unspecified atom stereocenters. The van der Waals surface area contributed by atoms with E-state index in [1.165, 1.54) is 0 Å². The lowest BCUT2D eigenvalue weighted by atomic mass is 10.1.